The molecule has 0 saturated carbocycles. The summed E-state index contributed by atoms with van der Waals surface area (Å²) in [6, 6.07) is 20.6. The molecule has 126 valence electrons. The van der Waals surface area contributed by atoms with Crippen LogP contribution in [0.25, 0.3) is 22.2 Å². The zero-order chi connectivity index (χ0) is 17.5. The molecular formula is C22H17N3O. The second-order valence-electron chi connectivity index (χ2n) is 6.56. The molecule has 1 amide bonds. The minimum atomic E-state index is 0.0128. The molecule has 4 aromatic rings. The average molecular weight is 339 g/mol. The van der Waals surface area contributed by atoms with Crippen molar-refractivity contribution in [3.8, 4) is 11.3 Å². The third-order valence-electron chi connectivity index (χ3n) is 4.95. The van der Waals surface area contributed by atoms with Crippen molar-refractivity contribution >= 4 is 22.5 Å². The van der Waals surface area contributed by atoms with Crippen LogP contribution in [-0.4, -0.2) is 15.5 Å². The molecule has 0 saturated heterocycles. The number of nitrogens with one attached hydrogen (secondary N) is 1. The summed E-state index contributed by atoms with van der Waals surface area (Å²) in [6.07, 6.45) is 3.93. The molecule has 2 aromatic heterocycles. The molecule has 2 aromatic carbocycles. The van der Waals surface area contributed by atoms with Crippen molar-refractivity contribution in [1.29, 1.82) is 0 Å². The number of aromatic nitrogens is 2. The van der Waals surface area contributed by atoms with Gasteiger partial charge in [-0.3, -0.25) is 9.78 Å². The standard InChI is InChI=1S/C22H17N3O/c26-21-12-17-16-8-4-5-9-20(16)25(14-15-6-2-1-3-7-15)22(17)18-13-23-11-10-19(18)24-21/h1-11,13H,12,14H2,(H,24,26). The highest BCUT2D eigenvalue weighted by molar-refractivity contribution is 6.05. The van der Waals surface area contributed by atoms with Crippen molar-refractivity contribution < 1.29 is 4.79 Å². The van der Waals surface area contributed by atoms with E-state index in [9.17, 15) is 4.79 Å². The molecule has 0 spiro atoms. The van der Waals surface area contributed by atoms with Crippen LogP contribution in [0, 0.1) is 0 Å². The maximum absolute atomic E-state index is 12.5. The highest BCUT2D eigenvalue weighted by Gasteiger charge is 2.25. The van der Waals surface area contributed by atoms with E-state index in [0.717, 1.165) is 40.0 Å². The highest BCUT2D eigenvalue weighted by Crippen LogP contribution is 2.39. The monoisotopic (exact) mass is 339 g/mol. The lowest BCUT2D eigenvalue weighted by molar-refractivity contribution is -0.115. The summed E-state index contributed by atoms with van der Waals surface area (Å²) in [5.74, 6) is 0.0128. The van der Waals surface area contributed by atoms with Crippen LogP contribution in [0.5, 0.6) is 0 Å². The number of carbonyl (C=O) groups excluding carboxylic acids is 1. The number of nitrogens with zero attached hydrogens (tertiary/aromatic N) is 2. The van der Waals surface area contributed by atoms with E-state index in [2.05, 4.69) is 51.3 Å². The number of rotatable bonds is 2. The number of fused-ring (bicyclic) bond motifs is 5. The Balaban J connectivity index is 1.84. The Morgan fingerprint density at radius 3 is 2.69 bits per heavy atom. The van der Waals surface area contributed by atoms with Gasteiger partial charge in [0.05, 0.1) is 17.8 Å². The van der Waals surface area contributed by atoms with Gasteiger partial charge in [-0.1, -0.05) is 48.5 Å². The molecule has 1 aliphatic heterocycles. The lowest BCUT2D eigenvalue weighted by atomic mass is 10.0. The van der Waals surface area contributed by atoms with E-state index < -0.39 is 0 Å². The van der Waals surface area contributed by atoms with Crippen LogP contribution < -0.4 is 5.32 Å². The maximum Gasteiger partial charge on any atom is 0.228 e. The van der Waals surface area contributed by atoms with Crippen LogP contribution in [0.4, 0.5) is 5.69 Å². The molecule has 0 bridgehead atoms. The van der Waals surface area contributed by atoms with Gasteiger partial charge in [0.1, 0.15) is 0 Å². The van der Waals surface area contributed by atoms with Gasteiger partial charge in [0.25, 0.3) is 0 Å². The van der Waals surface area contributed by atoms with Crippen molar-refractivity contribution in [2.75, 3.05) is 5.32 Å². The molecule has 0 atom stereocenters. The fraction of sp³-hybridized carbons (Fsp3) is 0.0909. The van der Waals surface area contributed by atoms with E-state index >= 15 is 0 Å². The zero-order valence-electron chi connectivity index (χ0n) is 14.1. The normalized spacial score (nSPS) is 13.0. The molecule has 5 rings (SSSR count). The minimum absolute atomic E-state index is 0.0128. The fourth-order valence-corrected chi connectivity index (χ4v) is 3.84. The van der Waals surface area contributed by atoms with Crippen LogP contribution in [0.3, 0.4) is 0 Å². The topological polar surface area (TPSA) is 46.9 Å². The lowest BCUT2D eigenvalue weighted by Crippen LogP contribution is -2.12. The molecule has 3 heterocycles. The Hall–Kier alpha value is -3.40. The van der Waals surface area contributed by atoms with Crippen molar-refractivity contribution in [2.24, 2.45) is 0 Å². The van der Waals surface area contributed by atoms with Gasteiger partial charge in [0, 0.05) is 35.4 Å². The van der Waals surface area contributed by atoms with E-state index in [0.29, 0.717) is 6.42 Å². The second kappa shape index (κ2) is 5.85. The summed E-state index contributed by atoms with van der Waals surface area (Å²) in [6.45, 7) is 0.749. The molecule has 0 unspecified atom stereocenters. The first kappa shape index (κ1) is 14.9. The Bertz CT molecular complexity index is 1130. The highest BCUT2D eigenvalue weighted by atomic mass is 16.1. The second-order valence-corrected chi connectivity index (χ2v) is 6.56. The summed E-state index contributed by atoms with van der Waals surface area (Å²) in [5, 5.41) is 4.15. The van der Waals surface area contributed by atoms with Crippen LogP contribution in [-0.2, 0) is 17.8 Å². The number of hydrogen-bond acceptors (Lipinski definition) is 2. The first-order valence-corrected chi connectivity index (χ1v) is 8.69. The van der Waals surface area contributed by atoms with Crippen molar-refractivity contribution in [2.45, 2.75) is 13.0 Å². The van der Waals surface area contributed by atoms with Gasteiger partial charge in [0.15, 0.2) is 0 Å². The summed E-state index contributed by atoms with van der Waals surface area (Å²) >= 11 is 0. The summed E-state index contributed by atoms with van der Waals surface area (Å²) in [5.41, 5.74) is 6.31. The van der Waals surface area contributed by atoms with E-state index in [4.69, 9.17) is 0 Å². The number of amides is 1. The maximum atomic E-state index is 12.5. The molecule has 0 aliphatic carbocycles. The van der Waals surface area contributed by atoms with Gasteiger partial charge >= 0.3 is 0 Å². The third kappa shape index (κ3) is 2.30. The summed E-state index contributed by atoms with van der Waals surface area (Å²) < 4.78 is 2.31. The summed E-state index contributed by atoms with van der Waals surface area (Å²) in [4.78, 5) is 16.8. The third-order valence-corrected chi connectivity index (χ3v) is 4.95. The molecule has 4 nitrogen and oxygen atoms in total. The fourth-order valence-electron chi connectivity index (χ4n) is 3.84. The molecular weight excluding hydrogens is 322 g/mol. The van der Waals surface area contributed by atoms with E-state index in [1.54, 1.807) is 6.20 Å². The largest absolute Gasteiger partial charge is 0.336 e. The minimum Gasteiger partial charge on any atom is -0.336 e. The Morgan fingerprint density at radius 2 is 1.81 bits per heavy atom. The zero-order valence-corrected chi connectivity index (χ0v) is 14.1. The van der Waals surface area contributed by atoms with E-state index in [1.165, 1.54) is 5.56 Å². The quantitative estimate of drug-likeness (QED) is 0.593. The van der Waals surface area contributed by atoms with Crippen LogP contribution in [0.15, 0.2) is 73.1 Å². The Labute approximate surface area is 151 Å². The molecule has 4 heteroatoms. The van der Waals surface area contributed by atoms with Crippen LogP contribution in [0.2, 0.25) is 0 Å². The Kier molecular flexibility index (Phi) is 3.35. The van der Waals surface area contributed by atoms with Gasteiger partial charge < -0.3 is 9.88 Å². The number of benzene rings is 2. The number of para-hydroxylation sites is 1. The van der Waals surface area contributed by atoms with Gasteiger partial charge in [-0.15, -0.1) is 0 Å². The van der Waals surface area contributed by atoms with Crippen molar-refractivity contribution in [3.05, 3.63) is 84.2 Å². The lowest BCUT2D eigenvalue weighted by Gasteiger charge is -2.13. The van der Waals surface area contributed by atoms with Crippen LogP contribution >= 0.6 is 0 Å². The SMILES string of the molecule is O=C1Cc2c(n(Cc3ccccc3)c3ccccc23)-c2cnccc2N1. The first-order chi connectivity index (χ1) is 12.8. The number of anilines is 1. The van der Waals surface area contributed by atoms with Gasteiger partial charge in [-0.2, -0.15) is 0 Å². The number of hydrogen-bond donors (Lipinski definition) is 1. The average Bonchev–Trinajstić information content (AvgIpc) is 2.87. The van der Waals surface area contributed by atoms with Crippen molar-refractivity contribution in [1.82, 2.24) is 9.55 Å². The predicted octanol–water partition coefficient (Wildman–Crippen LogP) is 4.25. The Morgan fingerprint density at radius 1 is 1.00 bits per heavy atom. The van der Waals surface area contributed by atoms with E-state index in [1.807, 2.05) is 30.5 Å². The van der Waals surface area contributed by atoms with Crippen LogP contribution in [0.1, 0.15) is 11.1 Å². The molecule has 0 fully saturated rings. The predicted molar refractivity (Wildman–Crippen MR) is 103 cm³/mol. The first-order valence-electron chi connectivity index (χ1n) is 8.69. The van der Waals surface area contributed by atoms with Gasteiger partial charge in [-0.05, 0) is 23.3 Å². The molecule has 0 radical (unpaired) electrons. The number of pyridine rings is 1. The van der Waals surface area contributed by atoms with Gasteiger partial charge in [-0.25, -0.2) is 0 Å². The molecule has 26 heavy (non-hydrogen) atoms. The van der Waals surface area contributed by atoms with Crippen molar-refractivity contribution in [3.63, 3.8) is 0 Å². The molecule has 1 N–H and O–H groups in total. The number of carbonyl (C=O) groups is 1. The van der Waals surface area contributed by atoms with Gasteiger partial charge in [0.2, 0.25) is 5.91 Å². The van der Waals surface area contributed by atoms with E-state index in [-0.39, 0.29) is 5.91 Å². The summed E-state index contributed by atoms with van der Waals surface area (Å²) in [7, 11) is 0. The molecule has 1 aliphatic rings. The smallest absolute Gasteiger partial charge is 0.228 e.